The molecule has 3 aromatic rings. The van der Waals surface area contributed by atoms with Gasteiger partial charge in [0.1, 0.15) is 17.3 Å². The summed E-state index contributed by atoms with van der Waals surface area (Å²) in [7, 11) is 0. The minimum Gasteiger partial charge on any atom is -0.455 e. The monoisotopic (exact) mass is 358 g/mol. The number of hydrogen-bond donors (Lipinski definition) is 0. The van der Waals surface area contributed by atoms with E-state index >= 15 is 0 Å². The van der Waals surface area contributed by atoms with Crippen molar-refractivity contribution in [1.82, 2.24) is 5.16 Å². The molecule has 0 amide bonds. The number of carbonyl (C=O) groups excluding carboxylic acids is 1. The third-order valence-corrected chi connectivity index (χ3v) is 3.67. The Kier molecular flexibility index (Phi) is 4.76. The topological polar surface area (TPSA) is 95.5 Å². The van der Waals surface area contributed by atoms with Crippen LogP contribution in [0.4, 0.5) is 5.69 Å². The second-order valence-electron chi connectivity index (χ2n) is 5.05. The molecule has 0 fully saturated rings. The molecule has 0 bridgehead atoms. The van der Waals surface area contributed by atoms with Crippen LogP contribution in [0.2, 0.25) is 5.02 Å². The van der Waals surface area contributed by atoms with Crippen LogP contribution in [0.1, 0.15) is 16.1 Å². The van der Waals surface area contributed by atoms with Crippen molar-refractivity contribution in [2.45, 2.75) is 6.61 Å². The van der Waals surface area contributed by atoms with E-state index < -0.39 is 10.9 Å². The SMILES string of the molecule is O=C(OCc1cc(-c2ccccc2)on1)c1ccc(Cl)c([N+](=O)[O-])c1. The number of rotatable bonds is 5. The van der Waals surface area contributed by atoms with E-state index in [1.807, 2.05) is 30.3 Å². The Balaban J connectivity index is 1.68. The summed E-state index contributed by atoms with van der Waals surface area (Å²) in [5.41, 5.74) is 0.948. The highest BCUT2D eigenvalue weighted by atomic mass is 35.5. The molecule has 0 atom stereocenters. The maximum Gasteiger partial charge on any atom is 0.338 e. The van der Waals surface area contributed by atoms with E-state index in [0.717, 1.165) is 11.6 Å². The molecule has 2 aromatic carbocycles. The van der Waals surface area contributed by atoms with Crippen LogP contribution in [0.15, 0.2) is 59.1 Å². The molecular weight excluding hydrogens is 348 g/mol. The Morgan fingerprint density at radius 3 is 2.68 bits per heavy atom. The number of nitrogens with zero attached hydrogens (tertiary/aromatic N) is 2. The predicted octanol–water partition coefficient (Wildman–Crippen LogP) is 4.26. The first kappa shape index (κ1) is 16.7. The number of nitro benzene ring substituents is 1. The summed E-state index contributed by atoms with van der Waals surface area (Å²) in [6.07, 6.45) is 0. The molecule has 0 aliphatic carbocycles. The van der Waals surface area contributed by atoms with Crippen LogP contribution in [0, 0.1) is 10.1 Å². The number of ether oxygens (including phenoxy) is 1. The average Bonchev–Trinajstić information content (AvgIpc) is 3.09. The van der Waals surface area contributed by atoms with Gasteiger partial charge >= 0.3 is 5.97 Å². The van der Waals surface area contributed by atoms with Gasteiger partial charge in [-0.05, 0) is 12.1 Å². The summed E-state index contributed by atoms with van der Waals surface area (Å²) in [6.45, 7) is -0.119. The summed E-state index contributed by atoms with van der Waals surface area (Å²) in [6, 6.07) is 14.7. The minimum absolute atomic E-state index is 0.0304. The van der Waals surface area contributed by atoms with Gasteiger partial charge in [-0.15, -0.1) is 0 Å². The molecule has 0 spiro atoms. The Bertz CT molecular complexity index is 924. The predicted molar refractivity (Wildman–Crippen MR) is 89.2 cm³/mol. The fourth-order valence-corrected chi connectivity index (χ4v) is 2.31. The lowest BCUT2D eigenvalue weighted by Crippen LogP contribution is -2.06. The lowest BCUT2D eigenvalue weighted by Gasteiger charge is -2.03. The number of nitro groups is 1. The molecule has 8 heteroatoms. The van der Waals surface area contributed by atoms with E-state index in [1.54, 1.807) is 6.07 Å². The first-order valence-electron chi connectivity index (χ1n) is 7.16. The smallest absolute Gasteiger partial charge is 0.338 e. The van der Waals surface area contributed by atoms with Crippen LogP contribution in [-0.4, -0.2) is 16.0 Å². The normalized spacial score (nSPS) is 10.4. The Hall–Kier alpha value is -3.19. The van der Waals surface area contributed by atoms with Gasteiger partial charge in [0, 0.05) is 17.7 Å². The standard InChI is InChI=1S/C17H11ClN2O5/c18-14-7-6-12(8-15(14)20(22)23)17(21)24-10-13-9-16(25-19-13)11-4-2-1-3-5-11/h1-9H,10H2. The molecule has 1 aromatic heterocycles. The van der Waals surface area contributed by atoms with Crippen molar-refractivity contribution in [2.24, 2.45) is 0 Å². The zero-order valence-corrected chi connectivity index (χ0v) is 13.5. The fourth-order valence-electron chi connectivity index (χ4n) is 2.12. The van der Waals surface area contributed by atoms with Crippen LogP contribution >= 0.6 is 11.6 Å². The third kappa shape index (κ3) is 3.84. The summed E-state index contributed by atoms with van der Waals surface area (Å²) >= 11 is 5.71. The number of hydrogen-bond acceptors (Lipinski definition) is 6. The van der Waals surface area contributed by atoms with Crippen molar-refractivity contribution in [3.8, 4) is 11.3 Å². The van der Waals surface area contributed by atoms with Crippen molar-refractivity contribution in [2.75, 3.05) is 0 Å². The molecule has 0 saturated carbocycles. The van der Waals surface area contributed by atoms with Gasteiger partial charge in [-0.3, -0.25) is 10.1 Å². The molecule has 25 heavy (non-hydrogen) atoms. The molecule has 0 N–H and O–H groups in total. The number of esters is 1. The number of aromatic nitrogens is 1. The average molecular weight is 359 g/mol. The molecule has 0 saturated heterocycles. The van der Waals surface area contributed by atoms with E-state index in [-0.39, 0.29) is 22.9 Å². The van der Waals surface area contributed by atoms with E-state index in [1.165, 1.54) is 12.1 Å². The molecule has 0 unspecified atom stereocenters. The molecule has 126 valence electrons. The number of carbonyl (C=O) groups is 1. The van der Waals surface area contributed by atoms with Crippen molar-refractivity contribution in [3.63, 3.8) is 0 Å². The van der Waals surface area contributed by atoms with Crippen molar-refractivity contribution >= 4 is 23.3 Å². The fraction of sp³-hybridized carbons (Fsp3) is 0.0588. The lowest BCUT2D eigenvalue weighted by atomic mass is 10.2. The molecular formula is C17H11ClN2O5. The molecule has 0 aliphatic heterocycles. The Labute approximate surface area is 146 Å². The van der Waals surface area contributed by atoms with Crippen LogP contribution in [0.3, 0.4) is 0 Å². The first-order chi connectivity index (χ1) is 12.0. The third-order valence-electron chi connectivity index (χ3n) is 3.35. The van der Waals surface area contributed by atoms with Crippen molar-refractivity contribution < 1.29 is 19.0 Å². The first-order valence-corrected chi connectivity index (χ1v) is 7.54. The van der Waals surface area contributed by atoms with Gasteiger partial charge in [-0.25, -0.2) is 4.79 Å². The minimum atomic E-state index is -0.718. The summed E-state index contributed by atoms with van der Waals surface area (Å²) in [5.74, 6) is -0.169. The highest BCUT2D eigenvalue weighted by Crippen LogP contribution is 2.25. The zero-order chi connectivity index (χ0) is 17.8. The van der Waals surface area contributed by atoms with Crippen molar-refractivity contribution in [1.29, 1.82) is 0 Å². The number of halogens is 1. The second kappa shape index (κ2) is 7.14. The number of benzene rings is 2. The maximum absolute atomic E-state index is 12.0. The van der Waals surface area contributed by atoms with Crippen LogP contribution in [-0.2, 0) is 11.3 Å². The Morgan fingerprint density at radius 1 is 1.20 bits per heavy atom. The highest BCUT2D eigenvalue weighted by Gasteiger charge is 2.17. The van der Waals surface area contributed by atoms with E-state index in [0.29, 0.717) is 11.5 Å². The summed E-state index contributed by atoms with van der Waals surface area (Å²) in [4.78, 5) is 22.2. The van der Waals surface area contributed by atoms with Gasteiger partial charge in [-0.2, -0.15) is 0 Å². The van der Waals surface area contributed by atoms with Gasteiger partial charge in [-0.1, -0.05) is 47.1 Å². The van der Waals surface area contributed by atoms with Crippen molar-refractivity contribution in [3.05, 3.63) is 81.0 Å². The van der Waals surface area contributed by atoms with Crippen LogP contribution in [0.25, 0.3) is 11.3 Å². The molecule has 0 aliphatic rings. The zero-order valence-electron chi connectivity index (χ0n) is 12.7. The van der Waals surface area contributed by atoms with Gasteiger partial charge in [0.15, 0.2) is 5.76 Å². The quantitative estimate of drug-likeness (QED) is 0.384. The summed E-state index contributed by atoms with van der Waals surface area (Å²) < 4.78 is 10.3. The van der Waals surface area contributed by atoms with Crippen LogP contribution in [0.5, 0.6) is 0 Å². The second-order valence-corrected chi connectivity index (χ2v) is 5.46. The maximum atomic E-state index is 12.0. The highest BCUT2D eigenvalue weighted by molar-refractivity contribution is 6.32. The Morgan fingerprint density at radius 2 is 1.96 bits per heavy atom. The lowest BCUT2D eigenvalue weighted by molar-refractivity contribution is -0.384. The molecule has 0 radical (unpaired) electrons. The molecule has 3 rings (SSSR count). The van der Waals surface area contributed by atoms with Gasteiger partial charge in [0.05, 0.1) is 10.5 Å². The summed E-state index contributed by atoms with van der Waals surface area (Å²) in [5, 5.41) is 14.6. The van der Waals surface area contributed by atoms with Crippen LogP contribution < -0.4 is 0 Å². The van der Waals surface area contributed by atoms with E-state index in [4.69, 9.17) is 20.9 Å². The largest absolute Gasteiger partial charge is 0.455 e. The molecule has 7 nitrogen and oxygen atoms in total. The van der Waals surface area contributed by atoms with Gasteiger partial charge in [0.2, 0.25) is 0 Å². The van der Waals surface area contributed by atoms with Gasteiger partial charge < -0.3 is 9.26 Å². The van der Waals surface area contributed by atoms with Gasteiger partial charge in [0.25, 0.3) is 5.69 Å². The van der Waals surface area contributed by atoms with E-state index in [2.05, 4.69) is 5.16 Å². The van der Waals surface area contributed by atoms with E-state index in [9.17, 15) is 14.9 Å². The molecule has 1 heterocycles.